The lowest BCUT2D eigenvalue weighted by Gasteiger charge is -2.27. The zero-order valence-corrected chi connectivity index (χ0v) is 13.8. The van der Waals surface area contributed by atoms with Gasteiger partial charge in [-0.2, -0.15) is 0 Å². The molecule has 0 aliphatic carbocycles. The number of rotatable bonds is 4. The number of phenols is 1. The van der Waals surface area contributed by atoms with Gasteiger partial charge in [0.25, 0.3) is 0 Å². The first-order valence-electron chi connectivity index (χ1n) is 7.94. The average molecular weight is 338 g/mol. The summed E-state index contributed by atoms with van der Waals surface area (Å²) >= 11 is 0. The maximum atomic E-state index is 12.6. The molecule has 0 fully saturated rings. The summed E-state index contributed by atoms with van der Waals surface area (Å²) in [6.45, 7) is 4.96. The molecule has 2 aromatic rings. The van der Waals surface area contributed by atoms with Gasteiger partial charge < -0.3 is 14.6 Å². The first kappa shape index (κ1) is 16.8. The molecule has 0 bridgehead atoms. The largest absolute Gasteiger partial charge is 0.507 e. The molecule has 0 amide bonds. The van der Waals surface area contributed by atoms with Crippen LogP contribution in [-0.2, 0) is 11.2 Å². The Kier molecular flexibility index (Phi) is 4.57. The Balaban J connectivity index is 1.98. The zero-order valence-electron chi connectivity index (χ0n) is 13.8. The van der Waals surface area contributed by atoms with Crippen LogP contribution in [0.3, 0.4) is 0 Å². The fraction of sp³-hybridized carbons (Fsp3) is 0.200. The highest BCUT2D eigenvalue weighted by atomic mass is 16.5. The minimum atomic E-state index is -0.583. The minimum absolute atomic E-state index is 0.0520. The van der Waals surface area contributed by atoms with Crippen LogP contribution in [-0.4, -0.2) is 16.9 Å². The number of hydrogen-bond acceptors (Lipinski definition) is 5. The van der Waals surface area contributed by atoms with E-state index in [0.717, 1.165) is 0 Å². The van der Waals surface area contributed by atoms with Crippen LogP contribution in [0.1, 0.15) is 40.9 Å². The molecular weight excluding hydrogens is 320 g/mol. The molecule has 0 saturated heterocycles. The van der Waals surface area contributed by atoms with Crippen molar-refractivity contribution in [2.45, 2.75) is 25.9 Å². The summed E-state index contributed by atoms with van der Waals surface area (Å²) in [7, 11) is 0. The van der Waals surface area contributed by atoms with E-state index in [1.807, 2.05) is 0 Å². The van der Waals surface area contributed by atoms with Crippen LogP contribution >= 0.6 is 0 Å². The van der Waals surface area contributed by atoms with Crippen LogP contribution in [0.4, 0.5) is 0 Å². The van der Waals surface area contributed by atoms with Crippen molar-refractivity contribution in [1.82, 2.24) is 0 Å². The monoisotopic (exact) mass is 338 g/mol. The maximum absolute atomic E-state index is 12.6. The summed E-state index contributed by atoms with van der Waals surface area (Å²) in [5.74, 6) is -0.0314. The fourth-order valence-corrected chi connectivity index (χ4v) is 2.94. The lowest BCUT2D eigenvalue weighted by atomic mass is 9.93. The summed E-state index contributed by atoms with van der Waals surface area (Å²) < 4.78 is 11.1. The van der Waals surface area contributed by atoms with Crippen LogP contribution in [0.2, 0.25) is 0 Å². The molecule has 5 nitrogen and oxygen atoms in total. The van der Waals surface area contributed by atoms with Gasteiger partial charge in [0.1, 0.15) is 28.9 Å². The molecular formula is C20H18O5. The summed E-state index contributed by atoms with van der Waals surface area (Å²) in [5, 5.41) is 10.3. The van der Waals surface area contributed by atoms with Crippen LogP contribution in [0.15, 0.2) is 49.1 Å². The van der Waals surface area contributed by atoms with Crippen LogP contribution in [0.25, 0.3) is 0 Å². The summed E-state index contributed by atoms with van der Waals surface area (Å²) in [4.78, 5) is 23.9. The molecule has 5 heteroatoms. The molecule has 1 heterocycles. The standard InChI is InChI=1S/C20H18O5/c1-3-6-13-9-10-17-19(20(13)23)15(22)11-18(25-17)14-7-4-5-8-16(14)24-12(2)21/h3-5,7-10,18,23H,1,6,11H2,2H3. The quantitative estimate of drug-likeness (QED) is 0.522. The predicted octanol–water partition coefficient (Wildman–Crippen LogP) is 3.75. The second-order valence-electron chi connectivity index (χ2n) is 5.80. The van der Waals surface area contributed by atoms with Gasteiger partial charge in [-0.05, 0) is 24.1 Å². The number of hydrogen-bond donors (Lipinski definition) is 1. The molecule has 1 unspecified atom stereocenters. The number of allylic oxidation sites excluding steroid dienone is 1. The van der Waals surface area contributed by atoms with Crippen molar-refractivity contribution in [2.24, 2.45) is 0 Å². The molecule has 25 heavy (non-hydrogen) atoms. The van der Waals surface area contributed by atoms with E-state index in [1.165, 1.54) is 6.92 Å². The summed E-state index contributed by atoms with van der Waals surface area (Å²) in [5.41, 5.74) is 1.44. The molecule has 0 radical (unpaired) electrons. The third-order valence-corrected chi connectivity index (χ3v) is 4.03. The number of benzene rings is 2. The lowest BCUT2D eigenvalue weighted by molar-refractivity contribution is -0.131. The molecule has 0 spiro atoms. The number of ether oxygens (including phenoxy) is 2. The Bertz CT molecular complexity index is 853. The Labute approximate surface area is 145 Å². The molecule has 128 valence electrons. The van der Waals surface area contributed by atoms with Crippen molar-refractivity contribution >= 4 is 11.8 Å². The summed E-state index contributed by atoms with van der Waals surface area (Å²) in [6, 6.07) is 10.3. The Morgan fingerprint density at radius 2 is 2.12 bits per heavy atom. The molecule has 1 N–H and O–H groups in total. The first-order chi connectivity index (χ1) is 12.0. The van der Waals surface area contributed by atoms with Crippen molar-refractivity contribution in [3.8, 4) is 17.2 Å². The van der Waals surface area contributed by atoms with Gasteiger partial charge >= 0.3 is 5.97 Å². The molecule has 3 rings (SSSR count). The van der Waals surface area contributed by atoms with Gasteiger partial charge in [-0.25, -0.2) is 0 Å². The van der Waals surface area contributed by atoms with E-state index in [4.69, 9.17) is 9.47 Å². The number of phenolic OH excluding ortho intramolecular Hbond substituents is 1. The molecule has 1 aliphatic heterocycles. The molecule has 2 aromatic carbocycles. The van der Waals surface area contributed by atoms with E-state index in [2.05, 4.69) is 6.58 Å². The van der Waals surface area contributed by atoms with Crippen molar-refractivity contribution in [3.63, 3.8) is 0 Å². The van der Waals surface area contributed by atoms with Crippen LogP contribution in [0.5, 0.6) is 17.2 Å². The van der Waals surface area contributed by atoms with Gasteiger partial charge in [0, 0.05) is 12.5 Å². The number of ketones is 1. The Hall–Kier alpha value is -3.08. The number of Topliss-reactive ketones (excluding diaryl/α,β-unsaturated/α-hetero) is 1. The maximum Gasteiger partial charge on any atom is 0.308 e. The van der Waals surface area contributed by atoms with Crippen molar-refractivity contribution in [3.05, 3.63) is 65.7 Å². The van der Waals surface area contributed by atoms with E-state index in [1.54, 1.807) is 42.5 Å². The SMILES string of the molecule is C=CCc1ccc2c(c1O)C(=O)CC(c1ccccc1OC(C)=O)O2. The normalized spacial score (nSPS) is 15.9. The number of esters is 1. The highest BCUT2D eigenvalue weighted by molar-refractivity contribution is 6.03. The van der Waals surface area contributed by atoms with Crippen molar-refractivity contribution in [2.75, 3.05) is 0 Å². The number of aromatic hydroxyl groups is 1. The van der Waals surface area contributed by atoms with Crippen molar-refractivity contribution in [1.29, 1.82) is 0 Å². The fourth-order valence-electron chi connectivity index (χ4n) is 2.94. The van der Waals surface area contributed by atoms with Gasteiger partial charge in [0.05, 0.1) is 6.42 Å². The topological polar surface area (TPSA) is 72.8 Å². The van der Waals surface area contributed by atoms with Crippen molar-refractivity contribution < 1.29 is 24.2 Å². The highest BCUT2D eigenvalue weighted by Gasteiger charge is 2.32. The second-order valence-corrected chi connectivity index (χ2v) is 5.80. The molecule has 0 aromatic heterocycles. The van der Waals surface area contributed by atoms with Gasteiger partial charge in [0.15, 0.2) is 5.78 Å². The van der Waals surface area contributed by atoms with E-state index in [-0.39, 0.29) is 23.5 Å². The molecule has 1 atom stereocenters. The van der Waals surface area contributed by atoms with Gasteiger partial charge in [-0.3, -0.25) is 9.59 Å². The third kappa shape index (κ3) is 3.26. The lowest BCUT2D eigenvalue weighted by Crippen LogP contribution is -2.21. The zero-order chi connectivity index (χ0) is 18.0. The van der Waals surface area contributed by atoms with E-state index in [9.17, 15) is 14.7 Å². The van der Waals surface area contributed by atoms with E-state index < -0.39 is 12.1 Å². The number of carbonyl (C=O) groups excluding carboxylic acids is 2. The van der Waals surface area contributed by atoms with E-state index in [0.29, 0.717) is 29.0 Å². The first-order valence-corrected chi connectivity index (χ1v) is 7.94. The number of para-hydroxylation sites is 1. The van der Waals surface area contributed by atoms with E-state index >= 15 is 0 Å². The highest BCUT2D eigenvalue weighted by Crippen LogP contribution is 2.42. The van der Waals surface area contributed by atoms with Crippen LogP contribution < -0.4 is 9.47 Å². The molecule has 0 saturated carbocycles. The predicted molar refractivity (Wildman–Crippen MR) is 92.1 cm³/mol. The smallest absolute Gasteiger partial charge is 0.308 e. The van der Waals surface area contributed by atoms with Crippen LogP contribution in [0, 0.1) is 0 Å². The average Bonchev–Trinajstić information content (AvgIpc) is 2.57. The Morgan fingerprint density at radius 3 is 2.84 bits per heavy atom. The third-order valence-electron chi connectivity index (χ3n) is 4.03. The van der Waals surface area contributed by atoms with Gasteiger partial charge in [-0.1, -0.05) is 30.3 Å². The van der Waals surface area contributed by atoms with Gasteiger partial charge in [0.2, 0.25) is 0 Å². The number of carbonyl (C=O) groups is 2. The number of fused-ring (bicyclic) bond motifs is 1. The van der Waals surface area contributed by atoms with Gasteiger partial charge in [-0.15, -0.1) is 6.58 Å². The summed E-state index contributed by atoms with van der Waals surface area (Å²) in [6.07, 6.45) is 1.59. The molecule has 1 aliphatic rings. The Morgan fingerprint density at radius 1 is 1.36 bits per heavy atom. The minimum Gasteiger partial charge on any atom is -0.507 e. The second kappa shape index (κ2) is 6.81.